The second-order valence-corrected chi connectivity index (χ2v) is 9.92. The molecule has 0 spiro atoms. The van der Waals surface area contributed by atoms with Gasteiger partial charge in [0.25, 0.3) is 5.56 Å². The van der Waals surface area contributed by atoms with Crippen LogP contribution in [0, 0.1) is 12.8 Å². The number of benzene rings is 1. The van der Waals surface area contributed by atoms with Crippen molar-refractivity contribution in [2.24, 2.45) is 5.92 Å². The number of thiazole rings is 1. The Bertz CT molecular complexity index is 1180. The van der Waals surface area contributed by atoms with E-state index in [1.807, 2.05) is 56.5 Å². The molecule has 8 nitrogen and oxygen atoms in total. The van der Waals surface area contributed by atoms with Crippen LogP contribution in [0.5, 0.6) is 0 Å². The highest BCUT2D eigenvalue weighted by molar-refractivity contribution is 8.01. The van der Waals surface area contributed by atoms with Gasteiger partial charge in [0.1, 0.15) is 5.82 Å². The summed E-state index contributed by atoms with van der Waals surface area (Å²) in [5.41, 5.74) is 6.82. The third kappa shape index (κ3) is 5.89. The van der Waals surface area contributed by atoms with Gasteiger partial charge in [0.15, 0.2) is 10.0 Å². The number of aryl methyl sites for hydroxylation is 1. The summed E-state index contributed by atoms with van der Waals surface area (Å²) in [6.07, 6.45) is 0.684. The standard InChI is InChI=1S/C22H27N5O3S2/c1-14(2)9-10-26(17(28)13-32-22-24-15(3)12-31-22)18-19(23)27(21(30)25-20(18)29)11-16-7-5-4-6-8-16/h4-8,12,14H,9-11,13,23H2,1-3H3,(H,25,29,30). The summed E-state index contributed by atoms with van der Waals surface area (Å²) in [5, 5.41) is 1.92. The number of anilines is 2. The number of nitrogens with one attached hydrogen (secondary N) is 1. The fourth-order valence-electron chi connectivity index (χ4n) is 3.11. The first-order valence-electron chi connectivity index (χ1n) is 10.3. The number of amides is 1. The summed E-state index contributed by atoms with van der Waals surface area (Å²) in [4.78, 5) is 46.6. The Labute approximate surface area is 194 Å². The van der Waals surface area contributed by atoms with Gasteiger partial charge in [-0.1, -0.05) is 55.9 Å². The molecule has 2 aromatic heterocycles. The fourth-order valence-corrected chi connectivity index (χ4v) is 4.84. The van der Waals surface area contributed by atoms with Gasteiger partial charge in [-0.3, -0.25) is 19.1 Å². The third-order valence-corrected chi connectivity index (χ3v) is 6.94. The molecular weight excluding hydrogens is 446 g/mol. The van der Waals surface area contributed by atoms with Gasteiger partial charge in [-0.25, -0.2) is 9.78 Å². The highest BCUT2D eigenvalue weighted by Gasteiger charge is 2.25. The number of rotatable bonds is 9. The van der Waals surface area contributed by atoms with Crippen LogP contribution >= 0.6 is 23.1 Å². The number of carbonyl (C=O) groups is 1. The second-order valence-electron chi connectivity index (χ2n) is 7.84. The van der Waals surface area contributed by atoms with Gasteiger partial charge >= 0.3 is 5.69 Å². The minimum absolute atomic E-state index is 0.0158. The van der Waals surface area contributed by atoms with Crippen LogP contribution in [-0.4, -0.2) is 32.7 Å². The summed E-state index contributed by atoms with van der Waals surface area (Å²) >= 11 is 2.80. The molecular formula is C22H27N5O3S2. The number of hydrogen-bond donors (Lipinski definition) is 2. The molecule has 3 aromatic rings. The smallest absolute Gasteiger partial charge is 0.330 e. The van der Waals surface area contributed by atoms with Gasteiger partial charge < -0.3 is 10.6 Å². The number of H-pyrrole nitrogens is 1. The van der Waals surface area contributed by atoms with Crippen molar-refractivity contribution in [3.63, 3.8) is 0 Å². The maximum Gasteiger partial charge on any atom is 0.330 e. The van der Waals surface area contributed by atoms with E-state index in [1.54, 1.807) is 0 Å². The number of nitrogen functional groups attached to an aromatic ring is 1. The predicted molar refractivity (Wildman–Crippen MR) is 131 cm³/mol. The number of thioether (sulfide) groups is 1. The SMILES string of the molecule is Cc1csc(SCC(=O)N(CCC(C)C)c2c(N)n(Cc3ccccc3)c(=O)[nH]c2=O)n1. The van der Waals surface area contributed by atoms with E-state index in [0.29, 0.717) is 18.9 Å². The highest BCUT2D eigenvalue weighted by Crippen LogP contribution is 2.25. The average Bonchev–Trinajstić information content (AvgIpc) is 3.17. The maximum atomic E-state index is 13.2. The molecule has 0 radical (unpaired) electrons. The van der Waals surface area contributed by atoms with Crippen molar-refractivity contribution in [3.05, 3.63) is 67.8 Å². The van der Waals surface area contributed by atoms with Crippen LogP contribution in [0.15, 0.2) is 49.6 Å². The largest absolute Gasteiger partial charge is 0.383 e. The molecule has 1 aromatic carbocycles. The third-order valence-electron chi connectivity index (χ3n) is 4.82. The Kier molecular flexibility index (Phi) is 7.92. The zero-order valence-corrected chi connectivity index (χ0v) is 20.0. The van der Waals surface area contributed by atoms with E-state index in [4.69, 9.17) is 5.73 Å². The van der Waals surface area contributed by atoms with E-state index in [0.717, 1.165) is 15.6 Å². The Morgan fingerprint density at radius 3 is 2.62 bits per heavy atom. The molecule has 3 N–H and O–H groups in total. The van der Waals surface area contributed by atoms with Crippen molar-refractivity contribution >= 4 is 40.5 Å². The van der Waals surface area contributed by atoms with Crippen LogP contribution < -0.4 is 21.9 Å². The molecule has 0 saturated heterocycles. The van der Waals surface area contributed by atoms with Crippen LogP contribution in [0.1, 0.15) is 31.5 Å². The minimum atomic E-state index is -0.663. The zero-order chi connectivity index (χ0) is 23.3. The summed E-state index contributed by atoms with van der Waals surface area (Å²) < 4.78 is 2.08. The summed E-state index contributed by atoms with van der Waals surface area (Å²) in [6.45, 7) is 6.49. The molecule has 1 amide bonds. The molecule has 0 fully saturated rings. The lowest BCUT2D eigenvalue weighted by atomic mass is 10.1. The van der Waals surface area contributed by atoms with Crippen molar-refractivity contribution in [1.82, 2.24) is 14.5 Å². The zero-order valence-electron chi connectivity index (χ0n) is 18.3. The van der Waals surface area contributed by atoms with Crippen LogP contribution in [-0.2, 0) is 11.3 Å². The lowest BCUT2D eigenvalue weighted by Gasteiger charge is -2.25. The lowest BCUT2D eigenvalue weighted by Crippen LogP contribution is -2.42. The highest BCUT2D eigenvalue weighted by atomic mass is 32.2. The van der Waals surface area contributed by atoms with Crippen molar-refractivity contribution in [2.75, 3.05) is 22.9 Å². The summed E-state index contributed by atoms with van der Waals surface area (Å²) in [6, 6.07) is 9.33. The van der Waals surface area contributed by atoms with E-state index in [1.165, 1.54) is 32.6 Å². The molecule has 0 aliphatic carbocycles. The van der Waals surface area contributed by atoms with Crippen molar-refractivity contribution < 1.29 is 4.79 Å². The number of aromatic amines is 1. The molecule has 32 heavy (non-hydrogen) atoms. The van der Waals surface area contributed by atoms with E-state index in [2.05, 4.69) is 9.97 Å². The number of nitrogens with zero attached hydrogens (tertiary/aromatic N) is 3. The first kappa shape index (κ1) is 23.8. The molecule has 2 heterocycles. The van der Waals surface area contributed by atoms with Crippen LogP contribution in [0.3, 0.4) is 0 Å². The first-order valence-corrected chi connectivity index (χ1v) is 12.1. The molecule has 3 rings (SSSR count). The van der Waals surface area contributed by atoms with Crippen LogP contribution in [0.4, 0.5) is 11.5 Å². The van der Waals surface area contributed by atoms with Crippen LogP contribution in [0.2, 0.25) is 0 Å². The molecule has 10 heteroatoms. The quantitative estimate of drug-likeness (QED) is 0.462. The number of nitrogens with two attached hydrogens (primary N) is 1. The number of hydrogen-bond acceptors (Lipinski definition) is 7. The maximum absolute atomic E-state index is 13.2. The topological polar surface area (TPSA) is 114 Å². The normalized spacial score (nSPS) is 11.1. The summed E-state index contributed by atoms with van der Waals surface area (Å²) in [7, 11) is 0. The molecule has 0 saturated carbocycles. The molecule has 0 atom stereocenters. The second kappa shape index (κ2) is 10.6. The van der Waals surface area contributed by atoms with Crippen molar-refractivity contribution in [1.29, 1.82) is 0 Å². The van der Waals surface area contributed by atoms with Crippen molar-refractivity contribution in [3.8, 4) is 0 Å². The Hall–Kier alpha value is -2.85. The Balaban J connectivity index is 1.95. The number of aromatic nitrogens is 3. The van der Waals surface area contributed by atoms with E-state index in [-0.39, 0.29) is 29.7 Å². The molecule has 170 valence electrons. The lowest BCUT2D eigenvalue weighted by molar-refractivity contribution is -0.116. The van der Waals surface area contributed by atoms with Gasteiger partial charge in [0.2, 0.25) is 5.91 Å². The van der Waals surface area contributed by atoms with Gasteiger partial charge in [-0.15, -0.1) is 11.3 Å². The molecule has 0 bridgehead atoms. The predicted octanol–water partition coefficient (Wildman–Crippen LogP) is 3.10. The van der Waals surface area contributed by atoms with Gasteiger partial charge in [-0.05, 0) is 24.8 Å². The van der Waals surface area contributed by atoms with Crippen molar-refractivity contribution in [2.45, 2.75) is 38.1 Å². The monoisotopic (exact) mass is 473 g/mol. The van der Waals surface area contributed by atoms with E-state index in [9.17, 15) is 14.4 Å². The van der Waals surface area contributed by atoms with E-state index < -0.39 is 11.2 Å². The summed E-state index contributed by atoms with van der Waals surface area (Å²) in [5.74, 6) is 0.150. The molecule has 0 aliphatic rings. The molecule has 0 aliphatic heterocycles. The number of carbonyl (C=O) groups excluding carboxylic acids is 1. The van der Waals surface area contributed by atoms with Gasteiger partial charge in [0.05, 0.1) is 12.3 Å². The van der Waals surface area contributed by atoms with Crippen LogP contribution in [0.25, 0.3) is 0 Å². The molecule has 0 unspecified atom stereocenters. The first-order chi connectivity index (χ1) is 15.3. The van der Waals surface area contributed by atoms with Gasteiger partial charge in [-0.2, -0.15) is 0 Å². The van der Waals surface area contributed by atoms with E-state index >= 15 is 0 Å². The fraction of sp³-hybridized carbons (Fsp3) is 0.364. The Morgan fingerprint density at radius 1 is 1.28 bits per heavy atom. The average molecular weight is 474 g/mol. The minimum Gasteiger partial charge on any atom is -0.383 e. The van der Waals surface area contributed by atoms with Gasteiger partial charge in [0, 0.05) is 17.6 Å². The Morgan fingerprint density at radius 2 is 2.00 bits per heavy atom.